The fourth-order valence-corrected chi connectivity index (χ4v) is 2.95. The van der Waals surface area contributed by atoms with Crippen molar-refractivity contribution in [1.29, 1.82) is 5.26 Å². The van der Waals surface area contributed by atoms with Crippen LogP contribution in [0.4, 0.5) is 5.95 Å². The van der Waals surface area contributed by atoms with Gasteiger partial charge in [0.05, 0.1) is 19.0 Å². The van der Waals surface area contributed by atoms with Crippen LogP contribution in [0.1, 0.15) is 16.7 Å². The second-order valence-corrected chi connectivity index (χ2v) is 6.80. The van der Waals surface area contributed by atoms with Crippen LogP contribution in [0.25, 0.3) is 11.3 Å². The summed E-state index contributed by atoms with van der Waals surface area (Å²) in [5.74, 6) is 0.954. The van der Waals surface area contributed by atoms with Crippen LogP contribution in [-0.4, -0.2) is 42.3 Å². The molecule has 0 spiro atoms. The summed E-state index contributed by atoms with van der Waals surface area (Å²) in [5, 5.41) is 13.5. The Morgan fingerprint density at radius 1 is 1.27 bits per heavy atom. The Morgan fingerprint density at radius 2 is 2.03 bits per heavy atom. The second-order valence-electron chi connectivity index (χ2n) is 6.80. The van der Waals surface area contributed by atoms with Crippen LogP contribution < -0.4 is 15.7 Å². The predicted molar refractivity (Wildman–Crippen MR) is 117 cm³/mol. The molecule has 1 heterocycles. The molecule has 0 bridgehead atoms. The lowest BCUT2D eigenvalue weighted by Gasteiger charge is -2.13. The van der Waals surface area contributed by atoms with Crippen molar-refractivity contribution in [3.63, 3.8) is 0 Å². The third-order valence-corrected chi connectivity index (χ3v) is 4.25. The van der Waals surface area contributed by atoms with Gasteiger partial charge in [-0.05, 0) is 37.9 Å². The lowest BCUT2D eigenvalue weighted by atomic mass is 10.1. The van der Waals surface area contributed by atoms with E-state index >= 15 is 0 Å². The minimum atomic E-state index is -0.526. The molecule has 0 amide bonds. The Kier molecular flexibility index (Phi) is 6.57. The van der Waals surface area contributed by atoms with Crippen molar-refractivity contribution in [2.45, 2.75) is 6.54 Å². The molecular formula is C22H22N6O2. The first kappa shape index (κ1) is 20.8. The molecule has 0 aliphatic carbocycles. The summed E-state index contributed by atoms with van der Waals surface area (Å²) >= 11 is 0. The molecule has 8 heteroatoms. The largest absolute Gasteiger partial charge is 0.496 e. The van der Waals surface area contributed by atoms with E-state index in [0.29, 0.717) is 11.3 Å². The highest BCUT2D eigenvalue weighted by Gasteiger charge is 2.12. The van der Waals surface area contributed by atoms with E-state index in [1.807, 2.05) is 61.5 Å². The zero-order valence-electron chi connectivity index (χ0n) is 17.0. The second kappa shape index (κ2) is 9.49. The number of rotatable bonds is 7. The van der Waals surface area contributed by atoms with Gasteiger partial charge in [0, 0.05) is 17.7 Å². The normalized spacial score (nSPS) is 10.9. The van der Waals surface area contributed by atoms with E-state index in [1.165, 1.54) is 0 Å². The summed E-state index contributed by atoms with van der Waals surface area (Å²) in [4.78, 5) is 21.2. The molecule has 0 unspecified atom stereocenters. The monoisotopic (exact) mass is 402 g/mol. The van der Waals surface area contributed by atoms with E-state index in [0.717, 1.165) is 23.4 Å². The highest BCUT2D eigenvalue weighted by molar-refractivity contribution is 5.81. The topological polar surface area (TPSA) is 106 Å². The molecule has 0 fully saturated rings. The Balaban J connectivity index is 1.86. The number of methoxy groups -OCH3 is 1. The first-order chi connectivity index (χ1) is 14.5. The summed E-state index contributed by atoms with van der Waals surface area (Å²) in [6.45, 7) is 0.725. The fourth-order valence-electron chi connectivity index (χ4n) is 2.95. The van der Waals surface area contributed by atoms with Crippen LogP contribution in [0.3, 0.4) is 0 Å². The van der Waals surface area contributed by atoms with Gasteiger partial charge in [-0.15, -0.1) is 0 Å². The maximum atomic E-state index is 12.3. The summed E-state index contributed by atoms with van der Waals surface area (Å²) in [5.41, 5.74) is 5.04. The van der Waals surface area contributed by atoms with E-state index in [2.05, 4.69) is 20.5 Å². The van der Waals surface area contributed by atoms with Crippen molar-refractivity contribution in [2.75, 3.05) is 26.6 Å². The van der Waals surface area contributed by atoms with E-state index in [4.69, 9.17) is 4.74 Å². The number of hydrogen-bond donors (Lipinski definition) is 2. The molecule has 8 nitrogen and oxygen atoms in total. The number of hydrogen-bond acceptors (Lipinski definition) is 7. The predicted octanol–water partition coefficient (Wildman–Crippen LogP) is 2.82. The molecule has 0 aliphatic rings. The number of benzene rings is 2. The molecule has 3 rings (SSSR count). The van der Waals surface area contributed by atoms with Gasteiger partial charge in [-0.25, -0.2) is 10.4 Å². The minimum absolute atomic E-state index is 0.0424. The first-order valence-corrected chi connectivity index (χ1v) is 9.22. The van der Waals surface area contributed by atoms with Crippen molar-refractivity contribution >= 4 is 12.2 Å². The standard InChI is InChI=1S/C22H22N6O2/c1-28(2)14-17-11-15(9-10-19(17)30-3)13-24-27-22-25-20(16-7-5-4-6-8-16)18(12-23)21(29)26-22/h4-11,13H,14H2,1-3H3,(H2,25,26,27,29). The molecule has 0 aliphatic heterocycles. The molecule has 0 atom stereocenters. The number of H-pyrrole nitrogens is 1. The molecule has 0 saturated carbocycles. The van der Waals surface area contributed by atoms with Crippen molar-refractivity contribution in [3.05, 3.63) is 75.6 Å². The number of nitrogens with one attached hydrogen (secondary N) is 2. The number of aromatic amines is 1. The van der Waals surface area contributed by atoms with Gasteiger partial charge >= 0.3 is 0 Å². The number of nitrogens with zero attached hydrogens (tertiary/aromatic N) is 4. The Morgan fingerprint density at radius 3 is 2.70 bits per heavy atom. The van der Waals surface area contributed by atoms with E-state index < -0.39 is 5.56 Å². The highest BCUT2D eigenvalue weighted by Crippen LogP contribution is 2.21. The third-order valence-electron chi connectivity index (χ3n) is 4.25. The van der Waals surface area contributed by atoms with Gasteiger partial charge in [0.25, 0.3) is 5.56 Å². The van der Waals surface area contributed by atoms with Gasteiger partial charge in [-0.3, -0.25) is 9.78 Å². The molecular weight excluding hydrogens is 380 g/mol. The van der Waals surface area contributed by atoms with Crippen LogP contribution in [0.2, 0.25) is 0 Å². The van der Waals surface area contributed by atoms with Gasteiger partial charge in [0.15, 0.2) is 0 Å². The van der Waals surface area contributed by atoms with E-state index in [9.17, 15) is 10.1 Å². The number of ether oxygens (including phenoxy) is 1. The van der Waals surface area contributed by atoms with Crippen molar-refractivity contribution in [2.24, 2.45) is 5.10 Å². The Bertz CT molecular complexity index is 1150. The van der Waals surface area contributed by atoms with Gasteiger partial charge < -0.3 is 9.64 Å². The molecule has 152 valence electrons. The Hall–Kier alpha value is -3.96. The van der Waals surface area contributed by atoms with E-state index in [1.54, 1.807) is 25.5 Å². The summed E-state index contributed by atoms with van der Waals surface area (Å²) < 4.78 is 5.40. The maximum Gasteiger partial charge on any atom is 0.270 e. The quantitative estimate of drug-likeness (QED) is 0.465. The first-order valence-electron chi connectivity index (χ1n) is 9.22. The summed E-state index contributed by atoms with van der Waals surface area (Å²) in [6.07, 6.45) is 1.62. The van der Waals surface area contributed by atoms with Gasteiger partial charge in [-0.1, -0.05) is 30.3 Å². The van der Waals surface area contributed by atoms with Crippen LogP contribution in [-0.2, 0) is 6.54 Å². The van der Waals surface area contributed by atoms with Gasteiger partial charge in [0.1, 0.15) is 17.4 Å². The number of anilines is 1. The van der Waals surface area contributed by atoms with Crippen molar-refractivity contribution < 1.29 is 4.74 Å². The molecule has 30 heavy (non-hydrogen) atoms. The lowest BCUT2D eigenvalue weighted by molar-refractivity contribution is 0.372. The number of nitriles is 1. The SMILES string of the molecule is COc1ccc(C=NNc2nc(-c3ccccc3)c(C#N)c(=O)[nH]2)cc1CN(C)C. The zero-order chi connectivity index (χ0) is 21.5. The molecule has 2 N–H and O–H groups in total. The number of aromatic nitrogens is 2. The number of hydrazone groups is 1. The minimum Gasteiger partial charge on any atom is -0.496 e. The lowest BCUT2D eigenvalue weighted by Crippen LogP contribution is -2.16. The van der Waals surface area contributed by atoms with Gasteiger partial charge in [0.2, 0.25) is 5.95 Å². The molecule has 3 aromatic rings. The fraction of sp³-hybridized carbons (Fsp3) is 0.182. The molecule has 1 aromatic heterocycles. The molecule has 0 saturated heterocycles. The van der Waals surface area contributed by atoms with Crippen LogP contribution in [0.5, 0.6) is 5.75 Å². The molecule has 2 aromatic carbocycles. The van der Waals surface area contributed by atoms with Crippen LogP contribution in [0, 0.1) is 11.3 Å². The maximum absolute atomic E-state index is 12.3. The van der Waals surface area contributed by atoms with Gasteiger partial charge in [-0.2, -0.15) is 10.4 Å². The van der Waals surface area contributed by atoms with Crippen LogP contribution >= 0.6 is 0 Å². The van der Waals surface area contributed by atoms with Crippen molar-refractivity contribution in [3.8, 4) is 23.1 Å². The smallest absolute Gasteiger partial charge is 0.270 e. The van der Waals surface area contributed by atoms with Crippen molar-refractivity contribution in [1.82, 2.24) is 14.9 Å². The third kappa shape index (κ3) is 4.90. The average molecular weight is 402 g/mol. The Labute approximate surface area is 174 Å². The highest BCUT2D eigenvalue weighted by atomic mass is 16.5. The van der Waals surface area contributed by atoms with E-state index in [-0.39, 0.29) is 11.5 Å². The van der Waals surface area contributed by atoms with Crippen LogP contribution in [0.15, 0.2) is 58.4 Å². The average Bonchev–Trinajstić information content (AvgIpc) is 2.74. The summed E-state index contributed by atoms with van der Waals surface area (Å²) in [6, 6.07) is 16.7. The molecule has 0 radical (unpaired) electrons. The summed E-state index contributed by atoms with van der Waals surface area (Å²) in [7, 11) is 5.61. The zero-order valence-corrected chi connectivity index (χ0v) is 17.0.